The minimum absolute atomic E-state index is 0.466. The van der Waals surface area contributed by atoms with Crippen LogP contribution >= 0.6 is 0 Å². The number of aromatic nitrogens is 3. The quantitative estimate of drug-likeness (QED) is 0.814. The molecule has 2 aromatic rings. The molecule has 0 saturated heterocycles. The molecule has 0 aliphatic rings. The maximum absolute atomic E-state index is 11.4. The van der Waals surface area contributed by atoms with Gasteiger partial charge in [0.25, 0.3) is 0 Å². The first kappa shape index (κ1) is 15.4. The summed E-state index contributed by atoms with van der Waals surface area (Å²) in [6, 6.07) is 5.98. The van der Waals surface area contributed by atoms with Crippen LogP contribution in [0.4, 0.5) is 0 Å². The van der Waals surface area contributed by atoms with E-state index in [0.29, 0.717) is 25.9 Å². The molecule has 21 heavy (non-hydrogen) atoms. The highest BCUT2D eigenvalue weighted by Crippen LogP contribution is 2.25. The Bertz CT molecular complexity index is 632. The number of hydrogen-bond acceptors (Lipinski definition) is 4. The summed E-state index contributed by atoms with van der Waals surface area (Å²) in [5, 5.41) is 20.7. The maximum atomic E-state index is 11.4. The van der Waals surface area contributed by atoms with Gasteiger partial charge in [-0.3, -0.25) is 4.79 Å². The number of nitrogens with zero attached hydrogens (tertiary/aromatic N) is 3. The molecule has 0 saturated carbocycles. The molecule has 1 heterocycles. The minimum atomic E-state index is -0.732. The zero-order valence-corrected chi connectivity index (χ0v) is 12.8. The Morgan fingerprint density at radius 1 is 1.38 bits per heavy atom. The third-order valence-electron chi connectivity index (χ3n) is 4.27. The number of carbonyl (C=O) groups is 1. The third kappa shape index (κ3) is 3.05. The average molecular weight is 290 g/mol. The molecular formula is C15H22N4O2. The Kier molecular flexibility index (Phi) is 4.57. The van der Waals surface area contributed by atoms with E-state index in [1.165, 1.54) is 0 Å². The van der Waals surface area contributed by atoms with Crippen LogP contribution in [0.2, 0.25) is 0 Å². The van der Waals surface area contributed by atoms with Crippen LogP contribution in [0.15, 0.2) is 18.2 Å². The normalized spacial score (nSPS) is 12.0. The molecule has 1 aromatic carbocycles. The molecule has 0 fully saturated rings. The lowest BCUT2D eigenvalue weighted by molar-refractivity contribution is -0.149. The lowest BCUT2D eigenvalue weighted by Gasteiger charge is -2.27. The fourth-order valence-corrected chi connectivity index (χ4v) is 2.52. The summed E-state index contributed by atoms with van der Waals surface area (Å²) in [5.41, 5.74) is 2.24. The van der Waals surface area contributed by atoms with Gasteiger partial charge in [0, 0.05) is 20.1 Å². The van der Waals surface area contributed by atoms with Gasteiger partial charge < -0.3 is 10.4 Å². The van der Waals surface area contributed by atoms with Crippen molar-refractivity contribution >= 4 is 17.0 Å². The Balaban J connectivity index is 2.02. The second kappa shape index (κ2) is 6.22. The summed E-state index contributed by atoms with van der Waals surface area (Å²) in [7, 11) is 1.86. The highest BCUT2D eigenvalue weighted by Gasteiger charge is 2.34. The summed E-state index contributed by atoms with van der Waals surface area (Å²) in [6.45, 7) is 4.94. The van der Waals surface area contributed by atoms with Crippen LogP contribution in [0.5, 0.6) is 0 Å². The van der Waals surface area contributed by atoms with Gasteiger partial charge >= 0.3 is 5.97 Å². The lowest BCUT2D eigenvalue weighted by Crippen LogP contribution is -2.39. The Morgan fingerprint density at radius 2 is 2.10 bits per heavy atom. The summed E-state index contributed by atoms with van der Waals surface area (Å²) < 4.78 is 1.73. The van der Waals surface area contributed by atoms with E-state index in [4.69, 9.17) is 0 Å². The Labute approximate surface area is 124 Å². The van der Waals surface area contributed by atoms with Crippen LogP contribution < -0.4 is 5.32 Å². The summed E-state index contributed by atoms with van der Waals surface area (Å²) in [5.74, 6) is -0.732. The average Bonchev–Trinajstić information content (AvgIpc) is 2.85. The van der Waals surface area contributed by atoms with Gasteiger partial charge in [-0.15, -0.1) is 5.10 Å². The van der Waals surface area contributed by atoms with Crippen LogP contribution in [0.1, 0.15) is 32.3 Å². The van der Waals surface area contributed by atoms with Crippen molar-refractivity contribution in [3.8, 4) is 0 Å². The topological polar surface area (TPSA) is 80.0 Å². The second-order valence-corrected chi connectivity index (χ2v) is 5.43. The van der Waals surface area contributed by atoms with E-state index < -0.39 is 11.4 Å². The number of aliphatic carboxylic acids is 1. The van der Waals surface area contributed by atoms with Crippen LogP contribution in [0, 0.1) is 5.41 Å². The molecule has 0 aliphatic carbocycles. The van der Waals surface area contributed by atoms with Crippen molar-refractivity contribution in [2.45, 2.75) is 33.2 Å². The highest BCUT2D eigenvalue weighted by atomic mass is 16.4. The summed E-state index contributed by atoms with van der Waals surface area (Å²) in [4.78, 5) is 11.4. The van der Waals surface area contributed by atoms with Gasteiger partial charge in [0.2, 0.25) is 0 Å². The van der Waals surface area contributed by atoms with E-state index in [1.807, 2.05) is 39.1 Å². The van der Waals surface area contributed by atoms with Gasteiger partial charge in [-0.25, -0.2) is 4.68 Å². The van der Waals surface area contributed by atoms with E-state index >= 15 is 0 Å². The van der Waals surface area contributed by atoms with Crippen molar-refractivity contribution in [3.63, 3.8) is 0 Å². The highest BCUT2D eigenvalue weighted by molar-refractivity contribution is 5.75. The number of hydrogen-bond donors (Lipinski definition) is 2. The number of carboxylic acids is 1. The molecule has 0 amide bonds. The first-order valence-corrected chi connectivity index (χ1v) is 7.25. The molecule has 2 rings (SSSR count). The molecule has 6 heteroatoms. The van der Waals surface area contributed by atoms with Crippen molar-refractivity contribution in [2.24, 2.45) is 12.5 Å². The maximum Gasteiger partial charge on any atom is 0.310 e. The minimum Gasteiger partial charge on any atom is -0.481 e. The van der Waals surface area contributed by atoms with E-state index in [1.54, 1.807) is 4.68 Å². The molecule has 114 valence electrons. The molecule has 2 N–H and O–H groups in total. The van der Waals surface area contributed by atoms with Gasteiger partial charge in [-0.2, -0.15) is 0 Å². The van der Waals surface area contributed by atoms with Crippen molar-refractivity contribution < 1.29 is 9.90 Å². The predicted octanol–water partition coefficient (Wildman–Crippen LogP) is 1.95. The second-order valence-electron chi connectivity index (χ2n) is 5.43. The molecule has 0 atom stereocenters. The molecule has 0 aliphatic heterocycles. The monoisotopic (exact) mass is 290 g/mol. The number of nitrogens with one attached hydrogen (secondary N) is 1. The smallest absolute Gasteiger partial charge is 0.310 e. The van der Waals surface area contributed by atoms with Crippen molar-refractivity contribution in [3.05, 3.63) is 23.8 Å². The fraction of sp³-hybridized carbons (Fsp3) is 0.533. The zero-order chi connectivity index (χ0) is 15.5. The van der Waals surface area contributed by atoms with E-state index in [2.05, 4.69) is 15.6 Å². The molecule has 0 unspecified atom stereocenters. The molecule has 6 nitrogen and oxygen atoms in total. The van der Waals surface area contributed by atoms with Crippen molar-refractivity contribution in [1.29, 1.82) is 0 Å². The van der Waals surface area contributed by atoms with Gasteiger partial charge in [0.05, 0.1) is 10.9 Å². The summed E-state index contributed by atoms with van der Waals surface area (Å²) >= 11 is 0. The Hall–Kier alpha value is -1.95. The van der Waals surface area contributed by atoms with Crippen LogP contribution in [-0.4, -0.2) is 32.6 Å². The molecule has 0 radical (unpaired) electrons. The van der Waals surface area contributed by atoms with Gasteiger partial charge in [0.1, 0.15) is 5.52 Å². The standard InChI is InChI=1S/C15H22N4O2/c1-4-15(5-2,14(20)21)10-16-9-11-6-7-13-12(8-11)17-18-19(13)3/h6-8,16H,4-5,9-10H2,1-3H3,(H,20,21). The van der Waals surface area contributed by atoms with E-state index in [9.17, 15) is 9.90 Å². The van der Waals surface area contributed by atoms with Gasteiger partial charge in [0.15, 0.2) is 0 Å². The van der Waals surface area contributed by atoms with Crippen LogP contribution in [0.25, 0.3) is 11.0 Å². The fourth-order valence-electron chi connectivity index (χ4n) is 2.52. The van der Waals surface area contributed by atoms with Crippen molar-refractivity contribution in [2.75, 3.05) is 6.54 Å². The third-order valence-corrected chi connectivity index (χ3v) is 4.27. The Morgan fingerprint density at radius 3 is 2.71 bits per heavy atom. The van der Waals surface area contributed by atoms with E-state index in [-0.39, 0.29) is 0 Å². The van der Waals surface area contributed by atoms with Crippen LogP contribution in [0.3, 0.4) is 0 Å². The lowest BCUT2D eigenvalue weighted by atomic mass is 9.82. The first-order chi connectivity index (χ1) is 10.0. The molecule has 0 bridgehead atoms. The number of aryl methyl sites for hydroxylation is 1. The number of fused-ring (bicyclic) bond motifs is 1. The van der Waals surface area contributed by atoms with Gasteiger partial charge in [-0.05, 0) is 30.5 Å². The zero-order valence-electron chi connectivity index (χ0n) is 12.8. The SMILES string of the molecule is CCC(CC)(CNCc1ccc2c(c1)nnn2C)C(=O)O. The number of carboxylic acid groups (broad SMARTS) is 1. The largest absolute Gasteiger partial charge is 0.481 e. The van der Waals surface area contributed by atoms with E-state index in [0.717, 1.165) is 16.6 Å². The summed E-state index contributed by atoms with van der Waals surface area (Å²) in [6.07, 6.45) is 1.24. The molecule has 0 spiro atoms. The van der Waals surface area contributed by atoms with Crippen LogP contribution in [-0.2, 0) is 18.4 Å². The number of benzene rings is 1. The van der Waals surface area contributed by atoms with Gasteiger partial charge in [-0.1, -0.05) is 25.1 Å². The first-order valence-electron chi connectivity index (χ1n) is 7.25. The molecule has 1 aromatic heterocycles. The molecular weight excluding hydrogens is 268 g/mol. The van der Waals surface area contributed by atoms with Crippen molar-refractivity contribution in [1.82, 2.24) is 20.3 Å². The predicted molar refractivity (Wildman–Crippen MR) is 80.9 cm³/mol. The number of rotatable bonds is 7.